The summed E-state index contributed by atoms with van der Waals surface area (Å²) in [5.74, 6) is -3.60. The van der Waals surface area contributed by atoms with Crippen LogP contribution in [0.1, 0.15) is 18.4 Å². The molecule has 2 atom stereocenters. The summed E-state index contributed by atoms with van der Waals surface area (Å²) < 4.78 is 26.3. The molecule has 23 heavy (non-hydrogen) atoms. The second-order valence-electron chi connectivity index (χ2n) is 6.17. The van der Waals surface area contributed by atoms with Crippen LogP contribution in [0.3, 0.4) is 0 Å². The molecule has 0 radical (unpaired) electrons. The molecule has 7 heteroatoms. The van der Waals surface area contributed by atoms with E-state index >= 15 is 0 Å². The van der Waals surface area contributed by atoms with Crippen molar-refractivity contribution in [2.24, 2.45) is 0 Å². The molecule has 2 saturated heterocycles. The van der Waals surface area contributed by atoms with E-state index in [0.29, 0.717) is 13.0 Å². The van der Waals surface area contributed by atoms with E-state index in [-0.39, 0.29) is 5.91 Å². The summed E-state index contributed by atoms with van der Waals surface area (Å²) in [5.41, 5.74) is 1.88. The molecule has 0 aliphatic carbocycles. The first kappa shape index (κ1) is 15.9. The van der Waals surface area contributed by atoms with Crippen molar-refractivity contribution in [3.63, 3.8) is 0 Å². The number of amides is 2. The fourth-order valence-electron chi connectivity index (χ4n) is 2.97. The smallest absolute Gasteiger partial charge is 0.262 e. The third kappa shape index (κ3) is 3.34. The molecule has 1 aromatic carbocycles. The van der Waals surface area contributed by atoms with Gasteiger partial charge in [0.1, 0.15) is 6.04 Å². The Labute approximate surface area is 133 Å². The van der Waals surface area contributed by atoms with Crippen molar-refractivity contribution in [1.29, 1.82) is 0 Å². The summed E-state index contributed by atoms with van der Waals surface area (Å²) in [6.07, 6.45) is -0.0526. The van der Waals surface area contributed by atoms with Crippen LogP contribution in [-0.4, -0.2) is 42.9 Å². The zero-order valence-electron chi connectivity index (χ0n) is 12.8. The first-order valence-corrected chi connectivity index (χ1v) is 7.65. The number of hydrogen-bond donors (Lipinski definition) is 2. The average Bonchev–Trinajstić information content (AvgIpc) is 3.04. The molecule has 0 saturated carbocycles. The Bertz CT molecular complexity index is 618. The van der Waals surface area contributed by atoms with Gasteiger partial charge >= 0.3 is 0 Å². The molecule has 0 aromatic heterocycles. The number of benzene rings is 1. The first-order chi connectivity index (χ1) is 10.9. The maximum absolute atomic E-state index is 13.1. The molecular weight excluding hydrogens is 304 g/mol. The lowest BCUT2D eigenvalue weighted by Crippen LogP contribution is -2.48. The number of hydrogen-bond acceptors (Lipinski definition) is 3. The summed E-state index contributed by atoms with van der Waals surface area (Å²) in [6, 6.07) is 5.96. The van der Waals surface area contributed by atoms with Crippen LogP contribution in [0, 0.1) is 6.92 Å². The van der Waals surface area contributed by atoms with E-state index in [9.17, 15) is 18.4 Å². The largest absolute Gasteiger partial charge is 0.343 e. The van der Waals surface area contributed by atoms with Crippen LogP contribution in [0.25, 0.3) is 0 Å². The van der Waals surface area contributed by atoms with Gasteiger partial charge in [-0.05, 0) is 25.5 Å². The number of rotatable bonds is 3. The van der Waals surface area contributed by atoms with Gasteiger partial charge in [0.05, 0.1) is 12.6 Å². The average molecular weight is 323 g/mol. The zero-order chi connectivity index (χ0) is 16.6. The van der Waals surface area contributed by atoms with E-state index in [1.807, 2.05) is 31.2 Å². The minimum Gasteiger partial charge on any atom is -0.343 e. The van der Waals surface area contributed by atoms with Gasteiger partial charge in [-0.1, -0.05) is 17.7 Å². The van der Waals surface area contributed by atoms with E-state index in [2.05, 4.69) is 10.6 Å². The van der Waals surface area contributed by atoms with Gasteiger partial charge in [-0.2, -0.15) is 0 Å². The molecule has 5 nitrogen and oxygen atoms in total. The molecule has 2 N–H and O–H groups in total. The number of nitrogens with one attached hydrogen (secondary N) is 2. The predicted octanol–water partition coefficient (Wildman–Crippen LogP) is 1.21. The maximum Gasteiger partial charge on any atom is 0.262 e. The van der Waals surface area contributed by atoms with Crippen molar-refractivity contribution in [2.45, 2.75) is 37.8 Å². The van der Waals surface area contributed by atoms with Gasteiger partial charge in [0.15, 0.2) is 0 Å². The molecule has 2 aliphatic heterocycles. The van der Waals surface area contributed by atoms with Crippen molar-refractivity contribution in [1.82, 2.24) is 10.6 Å². The number of halogens is 2. The summed E-state index contributed by atoms with van der Waals surface area (Å²) in [4.78, 5) is 26.1. The normalized spacial score (nSPS) is 26.6. The maximum atomic E-state index is 13.1. The summed E-state index contributed by atoms with van der Waals surface area (Å²) in [5, 5.41) is 5.09. The fraction of sp³-hybridized carbons (Fsp3) is 0.500. The quantitative estimate of drug-likeness (QED) is 0.879. The van der Waals surface area contributed by atoms with E-state index in [1.54, 1.807) is 4.90 Å². The number of anilines is 1. The minimum atomic E-state index is -2.87. The second-order valence-corrected chi connectivity index (χ2v) is 6.17. The monoisotopic (exact) mass is 323 g/mol. The Balaban J connectivity index is 1.61. The highest BCUT2D eigenvalue weighted by Gasteiger charge is 2.43. The van der Waals surface area contributed by atoms with Crippen molar-refractivity contribution >= 4 is 17.5 Å². The zero-order valence-corrected chi connectivity index (χ0v) is 12.8. The van der Waals surface area contributed by atoms with E-state index in [0.717, 1.165) is 11.3 Å². The lowest BCUT2D eigenvalue weighted by Gasteiger charge is -2.18. The van der Waals surface area contributed by atoms with Crippen molar-refractivity contribution in [2.75, 3.05) is 18.0 Å². The second kappa shape index (κ2) is 5.88. The van der Waals surface area contributed by atoms with E-state index in [4.69, 9.17) is 0 Å². The lowest BCUT2D eigenvalue weighted by atomic mass is 10.1. The Morgan fingerprint density at radius 2 is 2.04 bits per heavy atom. The van der Waals surface area contributed by atoms with Crippen molar-refractivity contribution in [3.8, 4) is 0 Å². The summed E-state index contributed by atoms with van der Waals surface area (Å²) in [6.45, 7) is 1.96. The minimum absolute atomic E-state index is 0.202. The van der Waals surface area contributed by atoms with Crippen LogP contribution in [0.4, 0.5) is 14.5 Å². The van der Waals surface area contributed by atoms with Crippen LogP contribution >= 0.6 is 0 Å². The highest BCUT2D eigenvalue weighted by Crippen LogP contribution is 2.26. The Kier molecular flexibility index (Phi) is 4.06. The molecule has 0 bridgehead atoms. The standard InChI is InChI=1S/C16H19F2N3O2/c1-10-2-4-11(5-3-10)21-7-6-12(15(21)23)20-14(22)13-8-16(17,18)9-19-13/h2-5,12-13,19H,6-9H2,1H3,(H,20,22). The first-order valence-electron chi connectivity index (χ1n) is 7.65. The Morgan fingerprint density at radius 3 is 2.65 bits per heavy atom. The molecule has 0 spiro atoms. The molecule has 3 rings (SSSR count). The van der Waals surface area contributed by atoms with Crippen LogP contribution in [0.2, 0.25) is 0 Å². The van der Waals surface area contributed by atoms with Gasteiger partial charge in [-0.15, -0.1) is 0 Å². The molecule has 2 aliphatic rings. The van der Waals surface area contributed by atoms with Gasteiger partial charge in [0.2, 0.25) is 11.8 Å². The molecule has 2 heterocycles. The van der Waals surface area contributed by atoms with E-state index < -0.39 is 36.9 Å². The molecule has 2 amide bonds. The van der Waals surface area contributed by atoms with Crippen LogP contribution < -0.4 is 15.5 Å². The van der Waals surface area contributed by atoms with Gasteiger partial charge < -0.3 is 10.2 Å². The number of alkyl halides is 2. The van der Waals surface area contributed by atoms with Gasteiger partial charge in [-0.3, -0.25) is 14.9 Å². The van der Waals surface area contributed by atoms with Gasteiger partial charge in [0, 0.05) is 18.7 Å². The fourth-order valence-corrected chi connectivity index (χ4v) is 2.97. The van der Waals surface area contributed by atoms with E-state index in [1.165, 1.54) is 0 Å². The summed E-state index contributed by atoms with van der Waals surface area (Å²) >= 11 is 0. The molecule has 2 fully saturated rings. The van der Waals surface area contributed by atoms with Gasteiger partial charge in [-0.25, -0.2) is 8.78 Å². The number of carbonyl (C=O) groups excluding carboxylic acids is 2. The molecule has 124 valence electrons. The van der Waals surface area contributed by atoms with Crippen LogP contribution in [-0.2, 0) is 9.59 Å². The van der Waals surface area contributed by atoms with Crippen molar-refractivity contribution in [3.05, 3.63) is 29.8 Å². The third-order valence-corrected chi connectivity index (χ3v) is 4.29. The molecular formula is C16H19F2N3O2. The highest BCUT2D eigenvalue weighted by atomic mass is 19.3. The van der Waals surface area contributed by atoms with Crippen LogP contribution in [0.5, 0.6) is 0 Å². The van der Waals surface area contributed by atoms with Gasteiger partial charge in [0.25, 0.3) is 5.92 Å². The summed E-state index contributed by atoms with van der Waals surface area (Å²) in [7, 11) is 0. The van der Waals surface area contributed by atoms with Crippen molar-refractivity contribution < 1.29 is 18.4 Å². The SMILES string of the molecule is Cc1ccc(N2CCC(NC(=O)C3CC(F)(F)CN3)C2=O)cc1. The molecule has 1 aromatic rings. The molecule has 2 unspecified atom stereocenters. The Morgan fingerprint density at radius 1 is 1.35 bits per heavy atom. The number of nitrogens with zero attached hydrogens (tertiary/aromatic N) is 1. The lowest BCUT2D eigenvalue weighted by molar-refractivity contribution is -0.127. The predicted molar refractivity (Wildman–Crippen MR) is 81.4 cm³/mol. The third-order valence-electron chi connectivity index (χ3n) is 4.29. The topological polar surface area (TPSA) is 61.4 Å². The number of carbonyl (C=O) groups is 2. The highest BCUT2D eigenvalue weighted by molar-refractivity contribution is 6.01. The number of aryl methyl sites for hydroxylation is 1. The Hall–Kier alpha value is -2.02. The van der Waals surface area contributed by atoms with Crippen LogP contribution in [0.15, 0.2) is 24.3 Å².